The fourth-order valence-electron chi connectivity index (χ4n) is 2.40. The van der Waals surface area contributed by atoms with Crippen molar-refractivity contribution in [2.75, 3.05) is 13.2 Å². The summed E-state index contributed by atoms with van der Waals surface area (Å²) >= 11 is 0. The van der Waals surface area contributed by atoms with Gasteiger partial charge in [-0.15, -0.1) is 0 Å². The molecule has 1 aliphatic rings. The van der Waals surface area contributed by atoms with Crippen LogP contribution in [0.15, 0.2) is 22.7 Å². The largest absolute Gasteiger partial charge is 0.460 e. The Bertz CT molecular complexity index is 526. The van der Waals surface area contributed by atoms with Gasteiger partial charge in [-0.1, -0.05) is 0 Å². The van der Waals surface area contributed by atoms with Gasteiger partial charge in [0, 0.05) is 25.3 Å². The standard InChI is InChI=1S/C14H19N3O2/c1-10-4-5-13(19-10)14-11(8-16-17-14)7-15-9-12-3-2-6-18-12/h4-5,8,12,15H,2-3,6-7,9H2,1H3,(H,16,17)/t12-/m0/s1. The lowest BCUT2D eigenvalue weighted by Gasteiger charge is -2.10. The first-order valence-corrected chi connectivity index (χ1v) is 6.74. The Morgan fingerprint density at radius 2 is 2.42 bits per heavy atom. The van der Waals surface area contributed by atoms with Crippen molar-refractivity contribution in [2.45, 2.75) is 32.4 Å². The molecule has 0 radical (unpaired) electrons. The number of furan rings is 1. The van der Waals surface area contributed by atoms with Crippen LogP contribution in [0.4, 0.5) is 0 Å². The number of aryl methyl sites for hydroxylation is 1. The number of rotatable bonds is 5. The van der Waals surface area contributed by atoms with Crippen molar-refractivity contribution in [3.05, 3.63) is 29.7 Å². The Morgan fingerprint density at radius 1 is 1.47 bits per heavy atom. The Morgan fingerprint density at radius 3 is 3.16 bits per heavy atom. The minimum atomic E-state index is 0.362. The molecule has 2 aromatic rings. The van der Waals surface area contributed by atoms with Crippen LogP contribution in [0.3, 0.4) is 0 Å². The number of H-pyrrole nitrogens is 1. The van der Waals surface area contributed by atoms with Crippen LogP contribution in [0.2, 0.25) is 0 Å². The average Bonchev–Trinajstić information content (AvgIpc) is 3.10. The Balaban J connectivity index is 1.60. The lowest BCUT2D eigenvalue weighted by molar-refractivity contribution is 0.110. The molecule has 2 N–H and O–H groups in total. The molecule has 0 bridgehead atoms. The molecule has 5 nitrogen and oxygen atoms in total. The fourth-order valence-corrected chi connectivity index (χ4v) is 2.40. The SMILES string of the molecule is Cc1ccc(-c2[nH]ncc2CNC[C@@H]2CCCO2)o1. The number of nitrogens with zero attached hydrogens (tertiary/aromatic N) is 1. The predicted molar refractivity (Wildman–Crippen MR) is 71.7 cm³/mol. The highest BCUT2D eigenvalue weighted by atomic mass is 16.5. The van der Waals surface area contributed by atoms with E-state index in [-0.39, 0.29) is 0 Å². The summed E-state index contributed by atoms with van der Waals surface area (Å²) in [5.74, 6) is 1.74. The van der Waals surface area contributed by atoms with Gasteiger partial charge in [0.1, 0.15) is 11.5 Å². The molecule has 0 aliphatic carbocycles. The van der Waals surface area contributed by atoms with Crippen molar-refractivity contribution in [3.8, 4) is 11.5 Å². The molecule has 2 aromatic heterocycles. The summed E-state index contributed by atoms with van der Waals surface area (Å²) in [7, 11) is 0. The smallest absolute Gasteiger partial charge is 0.152 e. The highest BCUT2D eigenvalue weighted by Gasteiger charge is 2.16. The monoisotopic (exact) mass is 261 g/mol. The summed E-state index contributed by atoms with van der Waals surface area (Å²) in [6.45, 7) is 4.50. The topological polar surface area (TPSA) is 63.1 Å². The van der Waals surface area contributed by atoms with Gasteiger partial charge in [0.25, 0.3) is 0 Å². The first-order valence-electron chi connectivity index (χ1n) is 6.74. The van der Waals surface area contributed by atoms with Crippen LogP contribution in [-0.4, -0.2) is 29.5 Å². The second-order valence-electron chi connectivity index (χ2n) is 4.95. The molecule has 0 aromatic carbocycles. The zero-order chi connectivity index (χ0) is 13.1. The molecule has 1 fully saturated rings. The number of aromatic nitrogens is 2. The highest BCUT2D eigenvalue weighted by Crippen LogP contribution is 2.23. The maximum atomic E-state index is 5.62. The summed E-state index contributed by atoms with van der Waals surface area (Å²) in [5.41, 5.74) is 2.07. The zero-order valence-electron chi connectivity index (χ0n) is 11.1. The van der Waals surface area contributed by atoms with Crippen LogP contribution >= 0.6 is 0 Å². The normalized spacial score (nSPS) is 19.1. The molecule has 5 heteroatoms. The highest BCUT2D eigenvalue weighted by molar-refractivity contribution is 5.56. The summed E-state index contributed by atoms with van der Waals surface area (Å²) in [5, 5.41) is 10.5. The van der Waals surface area contributed by atoms with E-state index in [1.54, 1.807) is 0 Å². The van der Waals surface area contributed by atoms with E-state index in [1.807, 2.05) is 25.3 Å². The summed E-state index contributed by atoms with van der Waals surface area (Å²) in [6.07, 6.45) is 4.54. The van der Waals surface area contributed by atoms with E-state index in [2.05, 4.69) is 15.5 Å². The Labute approximate surface area is 112 Å². The van der Waals surface area contributed by atoms with Gasteiger partial charge < -0.3 is 14.5 Å². The van der Waals surface area contributed by atoms with E-state index >= 15 is 0 Å². The molecule has 0 spiro atoms. The predicted octanol–water partition coefficient (Wildman–Crippen LogP) is 2.25. The lowest BCUT2D eigenvalue weighted by atomic mass is 10.2. The molecule has 19 heavy (non-hydrogen) atoms. The van der Waals surface area contributed by atoms with Crippen LogP contribution < -0.4 is 5.32 Å². The molecule has 0 amide bonds. The van der Waals surface area contributed by atoms with E-state index in [0.29, 0.717) is 6.10 Å². The second-order valence-corrected chi connectivity index (χ2v) is 4.95. The van der Waals surface area contributed by atoms with Crippen LogP contribution in [0, 0.1) is 6.92 Å². The quantitative estimate of drug-likeness (QED) is 0.866. The Hall–Kier alpha value is -1.59. The number of hydrogen-bond acceptors (Lipinski definition) is 4. The molecule has 1 aliphatic heterocycles. The molecule has 0 unspecified atom stereocenters. The van der Waals surface area contributed by atoms with Gasteiger partial charge in [0.15, 0.2) is 5.76 Å². The number of ether oxygens (including phenoxy) is 1. The minimum absolute atomic E-state index is 0.362. The van der Waals surface area contributed by atoms with Gasteiger partial charge in [0.2, 0.25) is 0 Å². The number of aromatic amines is 1. The first-order chi connectivity index (χ1) is 9.33. The second kappa shape index (κ2) is 5.59. The number of nitrogens with one attached hydrogen (secondary N) is 2. The van der Waals surface area contributed by atoms with Crippen LogP contribution in [-0.2, 0) is 11.3 Å². The fraction of sp³-hybridized carbons (Fsp3) is 0.500. The summed E-state index contributed by atoms with van der Waals surface area (Å²) in [6, 6.07) is 3.92. The van der Waals surface area contributed by atoms with E-state index < -0.39 is 0 Å². The third kappa shape index (κ3) is 2.88. The van der Waals surface area contributed by atoms with Crippen LogP contribution in [0.1, 0.15) is 24.2 Å². The van der Waals surface area contributed by atoms with E-state index in [0.717, 1.165) is 48.9 Å². The Kier molecular flexibility index (Phi) is 3.66. The van der Waals surface area contributed by atoms with Gasteiger partial charge >= 0.3 is 0 Å². The maximum Gasteiger partial charge on any atom is 0.152 e. The van der Waals surface area contributed by atoms with Crippen molar-refractivity contribution >= 4 is 0 Å². The molecule has 1 saturated heterocycles. The van der Waals surface area contributed by atoms with Crippen molar-refractivity contribution in [3.63, 3.8) is 0 Å². The maximum absolute atomic E-state index is 5.62. The molecule has 3 rings (SSSR count). The van der Waals surface area contributed by atoms with E-state index in [9.17, 15) is 0 Å². The van der Waals surface area contributed by atoms with Gasteiger partial charge in [-0.25, -0.2) is 0 Å². The van der Waals surface area contributed by atoms with Crippen molar-refractivity contribution in [2.24, 2.45) is 0 Å². The van der Waals surface area contributed by atoms with Crippen molar-refractivity contribution < 1.29 is 9.15 Å². The van der Waals surface area contributed by atoms with Gasteiger partial charge in [-0.3, -0.25) is 5.10 Å². The van der Waals surface area contributed by atoms with E-state index in [4.69, 9.17) is 9.15 Å². The van der Waals surface area contributed by atoms with Gasteiger partial charge in [-0.05, 0) is 31.9 Å². The van der Waals surface area contributed by atoms with Crippen molar-refractivity contribution in [1.29, 1.82) is 0 Å². The molecule has 1 atom stereocenters. The minimum Gasteiger partial charge on any atom is -0.460 e. The summed E-state index contributed by atoms with van der Waals surface area (Å²) in [4.78, 5) is 0. The van der Waals surface area contributed by atoms with Crippen LogP contribution in [0.5, 0.6) is 0 Å². The zero-order valence-corrected chi connectivity index (χ0v) is 11.1. The third-order valence-electron chi connectivity index (χ3n) is 3.42. The summed E-state index contributed by atoms with van der Waals surface area (Å²) < 4.78 is 11.2. The molecular weight excluding hydrogens is 242 g/mol. The van der Waals surface area contributed by atoms with Gasteiger partial charge in [0.05, 0.1) is 12.3 Å². The molecule has 0 saturated carbocycles. The first kappa shape index (κ1) is 12.4. The number of hydrogen-bond donors (Lipinski definition) is 2. The molecule has 102 valence electrons. The molecular formula is C14H19N3O2. The average molecular weight is 261 g/mol. The lowest BCUT2D eigenvalue weighted by Crippen LogP contribution is -2.25. The van der Waals surface area contributed by atoms with Crippen molar-refractivity contribution in [1.82, 2.24) is 15.5 Å². The van der Waals surface area contributed by atoms with Crippen LogP contribution in [0.25, 0.3) is 11.5 Å². The van der Waals surface area contributed by atoms with Gasteiger partial charge in [-0.2, -0.15) is 5.10 Å². The third-order valence-corrected chi connectivity index (χ3v) is 3.42. The van der Waals surface area contributed by atoms with E-state index in [1.165, 1.54) is 6.42 Å². The molecule has 3 heterocycles.